The molecular formula is C22H18F6N4O6. The molecule has 1 aliphatic heterocycles. The van der Waals surface area contributed by atoms with E-state index in [1.54, 1.807) is 7.11 Å². The first-order valence-electron chi connectivity index (χ1n) is 10.4. The molecule has 4 N–H and O–H groups in total. The number of methoxy groups -OCH3 is 1. The van der Waals surface area contributed by atoms with E-state index in [-0.39, 0.29) is 5.92 Å². The van der Waals surface area contributed by atoms with Crippen LogP contribution in [0.15, 0.2) is 36.5 Å². The Kier molecular flexibility index (Phi) is 8.02. The molecule has 38 heavy (non-hydrogen) atoms. The van der Waals surface area contributed by atoms with Gasteiger partial charge in [-0.2, -0.15) is 26.3 Å². The summed E-state index contributed by atoms with van der Waals surface area (Å²) < 4.78 is 74.7. The number of rotatable bonds is 2. The minimum absolute atomic E-state index is 0.155. The van der Waals surface area contributed by atoms with Crippen molar-refractivity contribution >= 4 is 33.9 Å². The highest BCUT2D eigenvalue weighted by Crippen LogP contribution is 2.34. The summed E-state index contributed by atoms with van der Waals surface area (Å²) in [5.74, 6) is -2.75. The first kappa shape index (κ1) is 28.1. The van der Waals surface area contributed by atoms with Crippen molar-refractivity contribution < 1.29 is 55.6 Å². The summed E-state index contributed by atoms with van der Waals surface area (Å²) in [5.41, 5.74) is 4.00. The average molecular weight is 548 g/mol. The SMILES string of the molecule is COc1ccc2c(c1)CC(c1nc3cc4c[nH][nH]c4cc3n1)CO2.O=C(O)C(F)(F)F.O=C(O)C(F)(F)F. The molecule has 0 fully saturated rings. The van der Waals surface area contributed by atoms with Crippen molar-refractivity contribution in [3.63, 3.8) is 0 Å². The van der Waals surface area contributed by atoms with Crippen LogP contribution in [-0.4, -0.2) is 68.4 Å². The average Bonchev–Trinajstić information content (AvgIpc) is 3.47. The Labute approximate surface area is 208 Å². The van der Waals surface area contributed by atoms with Gasteiger partial charge < -0.3 is 29.9 Å². The Balaban J connectivity index is 0.000000239. The molecule has 4 aromatic rings. The number of imidazole rings is 1. The molecular weight excluding hydrogens is 530 g/mol. The molecule has 2 aromatic heterocycles. The summed E-state index contributed by atoms with van der Waals surface area (Å²) in [6.45, 7) is 0.599. The topological polar surface area (TPSA) is 150 Å². The maximum absolute atomic E-state index is 10.6. The van der Waals surface area contributed by atoms with Crippen LogP contribution in [0.3, 0.4) is 0 Å². The summed E-state index contributed by atoms with van der Waals surface area (Å²) >= 11 is 0. The molecule has 2 aromatic carbocycles. The van der Waals surface area contributed by atoms with Crippen molar-refractivity contribution in [1.82, 2.24) is 20.2 Å². The van der Waals surface area contributed by atoms with E-state index in [9.17, 15) is 26.3 Å². The van der Waals surface area contributed by atoms with Gasteiger partial charge in [0.25, 0.3) is 0 Å². The van der Waals surface area contributed by atoms with Crippen molar-refractivity contribution in [3.8, 4) is 11.5 Å². The number of carboxylic acids is 2. The molecule has 0 radical (unpaired) electrons. The number of ether oxygens (including phenoxy) is 2. The number of H-pyrrole nitrogens is 2. The second-order valence-corrected chi connectivity index (χ2v) is 7.72. The maximum atomic E-state index is 10.6. The first-order valence-corrected chi connectivity index (χ1v) is 10.4. The van der Waals surface area contributed by atoms with E-state index in [2.05, 4.69) is 16.3 Å². The second kappa shape index (κ2) is 10.9. The van der Waals surface area contributed by atoms with Crippen molar-refractivity contribution in [2.75, 3.05) is 13.7 Å². The highest BCUT2D eigenvalue weighted by atomic mass is 19.4. The summed E-state index contributed by atoms with van der Waals surface area (Å²) in [6, 6.07) is 9.99. The monoisotopic (exact) mass is 548 g/mol. The predicted molar refractivity (Wildman–Crippen MR) is 118 cm³/mol. The number of carbonyl (C=O) groups is 2. The second-order valence-electron chi connectivity index (χ2n) is 7.72. The molecule has 5 rings (SSSR count). The van der Waals surface area contributed by atoms with Crippen molar-refractivity contribution in [3.05, 3.63) is 47.9 Å². The van der Waals surface area contributed by atoms with Crippen LogP contribution in [0.25, 0.3) is 21.9 Å². The van der Waals surface area contributed by atoms with Crippen molar-refractivity contribution in [2.24, 2.45) is 0 Å². The number of hydrogen-bond acceptors (Lipinski definition) is 6. The first-order chi connectivity index (χ1) is 17.7. The van der Waals surface area contributed by atoms with Crippen LogP contribution >= 0.6 is 0 Å². The smallest absolute Gasteiger partial charge is 0.490 e. The van der Waals surface area contributed by atoms with Gasteiger partial charge in [-0.15, -0.1) is 0 Å². The number of aliphatic carboxylic acids is 2. The quantitative estimate of drug-likeness (QED) is 0.269. The molecule has 1 atom stereocenters. The van der Waals surface area contributed by atoms with E-state index in [4.69, 9.17) is 39.2 Å². The molecule has 0 aliphatic carbocycles. The highest BCUT2D eigenvalue weighted by molar-refractivity contribution is 5.92. The van der Waals surface area contributed by atoms with Crippen LogP contribution < -0.4 is 9.47 Å². The fourth-order valence-corrected chi connectivity index (χ4v) is 3.31. The van der Waals surface area contributed by atoms with Gasteiger partial charge in [0.15, 0.2) is 0 Å². The minimum atomic E-state index is -5.08. The molecule has 0 saturated heterocycles. The Morgan fingerprint density at radius 2 is 1.58 bits per heavy atom. The molecule has 204 valence electrons. The van der Waals surface area contributed by atoms with Crippen LogP contribution in [0.5, 0.6) is 11.5 Å². The lowest BCUT2D eigenvalue weighted by Gasteiger charge is -2.24. The van der Waals surface area contributed by atoms with Gasteiger partial charge in [-0.3, -0.25) is 0 Å². The van der Waals surface area contributed by atoms with Crippen LogP contribution in [0, 0.1) is 0 Å². The number of fused-ring (bicyclic) bond motifs is 3. The normalized spacial score (nSPS) is 14.9. The fraction of sp³-hybridized carbons (Fsp3) is 0.273. The molecule has 1 aliphatic rings. The summed E-state index contributed by atoms with van der Waals surface area (Å²) in [5, 5.41) is 21.4. The Hall–Kier alpha value is -4.50. The zero-order valence-corrected chi connectivity index (χ0v) is 19.1. The molecule has 1 unspecified atom stereocenters. The lowest BCUT2D eigenvalue weighted by molar-refractivity contribution is -0.193. The number of nitrogens with zero attached hydrogens (tertiary/aromatic N) is 2. The van der Waals surface area contributed by atoms with E-state index in [0.717, 1.165) is 51.2 Å². The lowest BCUT2D eigenvalue weighted by Crippen LogP contribution is -2.21. The van der Waals surface area contributed by atoms with E-state index in [0.29, 0.717) is 6.61 Å². The fourth-order valence-electron chi connectivity index (χ4n) is 3.31. The number of hydrogen-bond donors (Lipinski definition) is 4. The largest absolute Gasteiger partial charge is 0.497 e. The molecule has 0 saturated carbocycles. The lowest BCUT2D eigenvalue weighted by atomic mass is 9.96. The molecule has 0 bridgehead atoms. The van der Waals surface area contributed by atoms with Crippen molar-refractivity contribution in [1.29, 1.82) is 0 Å². The number of alkyl halides is 6. The van der Waals surface area contributed by atoms with Gasteiger partial charge in [-0.1, -0.05) is 0 Å². The zero-order valence-electron chi connectivity index (χ0n) is 19.1. The van der Waals surface area contributed by atoms with E-state index < -0.39 is 24.3 Å². The third-order valence-electron chi connectivity index (χ3n) is 5.08. The van der Waals surface area contributed by atoms with Gasteiger partial charge in [0.2, 0.25) is 0 Å². The van der Waals surface area contributed by atoms with Crippen LogP contribution in [0.1, 0.15) is 17.3 Å². The van der Waals surface area contributed by atoms with Crippen LogP contribution in [0.2, 0.25) is 0 Å². The highest BCUT2D eigenvalue weighted by Gasteiger charge is 2.38. The van der Waals surface area contributed by atoms with Gasteiger partial charge >= 0.3 is 24.3 Å². The Morgan fingerprint density at radius 1 is 1.00 bits per heavy atom. The van der Waals surface area contributed by atoms with Gasteiger partial charge in [0.05, 0.1) is 36.2 Å². The number of aromatic nitrogens is 4. The summed E-state index contributed by atoms with van der Waals surface area (Å²) in [6.07, 6.45) is -7.39. The van der Waals surface area contributed by atoms with Gasteiger partial charge in [-0.25, -0.2) is 19.6 Å². The third-order valence-corrected chi connectivity index (χ3v) is 5.08. The molecule has 10 nitrogen and oxygen atoms in total. The standard InChI is InChI=1S/C18H16N4O2.2C2HF3O2/c1-23-13-2-3-17-10(5-13)4-12(9-24-17)18-20-15-6-11-8-19-22-14(11)7-16(15)21-18;2*3-2(4,5)1(6)7/h2-3,5-8,12,19,22H,4,9H2,1H3;2*(H,6,7). The Bertz CT molecular complexity index is 1370. The van der Waals surface area contributed by atoms with Gasteiger partial charge in [-0.05, 0) is 42.3 Å². The summed E-state index contributed by atoms with van der Waals surface area (Å²) in [7, 11) is 1.68. The number of benzene rings is 2. The predicted octanol–water partition coefficient (Wildman–Crippen LogP) is 4.43. The van der Waals surface area contributed by atoms with Gasteiger partial charge in [0, 0.05) is 11.6 Å². The number of halogens is 6. The number of aromatic amines is 2. The minimum Gasteiger partial charge on any atom is -0.497 e. The molecule has 0 amide bonds. The molecule has 16 heteroatoms. The molecule has 0 spiro atoms. The van der Waals surface area contributed by atoms with Crippen LogP contribution in [0.4, 0.5) is 26.3 Å². The van der Waals surface area contributed by atoms with E-state index >= 15 is 0 Å². The van der Waals surface area contributed by atoms with Crippen molar-refractivity contribution in [2.45, 2.75) is 24.7 Å². The van der Waals surface area contributed by atoms with E-state index in [1.165, 1.54) is 0 Å². The number of carboxylic acid groups (broad SMARTS) is 2. The molecule has 3 heterocycles. The number of nitrogens with one attached hydrogen (secondary N) is 2. The summed E-state index contributed by atoms with van der Waals surface area (Å²) in [4.78, 5) is 27.2. The maximum Gasteiger partial charge on any atom is 0.490 e. The van der Waals surface area contributed by atoms with Gasteiger partial charge in [0.1, 0.15) is 17.3 Å². The third kappa shape index (κ3) is 6.83. The van der Waals surface area contributed by atoms with Crippen LogP contribution in [-0.2, 0) is 16.0 Å². The van der Waals surface area contributed by atoms with E-state index in [1.807, 2.05) is 30.5 Å². The zero-order chi connectivity index (χ0) is 28.3. The Morgan fingerprint density at radius 3 is 2.13 bits per heavy atom.